The summed E-state index contributed by atoms with van der Waals surface area (Å²) in [6.45, 7) is 1.77. The van der Waals surface area contributed by atoms with E-state index >= 15 is 0 Å². The fourth-order valence-corrected chi connectivity index (χ4v) is 1.92. The summed E-state index contributed by atoms with van der Waals surface area (Å²) in [6, 6.07) is 1.68. The fourth-order valence-electron chi connectivity index (χ4n) is 1.66. The Kier molecular flexibility index (Phi) is 2.81. The second kappa shape index (κ2) is 4.14. The number of aryl methyl sites for hydroxylation is 1. The van der Waals surface area contributed by atoms with Gasteiger partial charge in [0.1, 0.15) is 11.3 Å². The zero-order valence-electron chi connectivity index (χ0n) is 8.85. The van der Waals surface area contributed by atoms with E-state index in [1.54, 1.807) is 13.0 Å². The highest BCUT2D eigenvalue weighted by atomic mass is 35.5. The molecule has 2 rings (SSSR count). The van der Waals surface area contributed by atoms with Crippen LogP contribution in [0.4, 0.5) is 5.82 Å². The molecule has 0 aliphatic carbocycles. The molecule has 2 aromatic rings. The molecule has 0 aromatic carbocycles. The average molecular weight is 254 g/mol. The smallest absolute Gasteiger partial charge is 0.309 e. The zero-order valence-corrected chi connectivity index (χ0v) is 9.60. The number of pyridine rings is 1. The maximum Gasteiger partial charge on any atom is 0.309 e. The van der Waals surface area contributed by atoms with Crippen molar-refractivity contribution in [3.63, 3.8) is 0 Å². The third kappa shape index (κ3) is 1.99. The predicted molar refractivity (Wildman–Crippen MR) is 61.7 cm³/mol. The number of carboxylic acid groups (broad SMARTS) is 1. The maximum absolute atomic E-state index is 10.8. The summed E-state index contributed by atoms with van der Waals surface area (Å²) in [5, 5.41) is 12.0. The van der Waals surface area contributed by atoms with Crippen molar-refractivity contribution in [1.82, 2.24) is 9.38 Å². The Morgan fingerprint density at radius 2 is 2.35 bits per heavy atom. The van der Waals surface area contributed by atoms with Crippen LogP contribution >= 0.6 is 11.6 Å². The van der Waals surface area contributed by atoms with Gasteiger partial charge in [0.05, 0.1) is 11.4 Å². The SMILES string of the molecule is Cc1cc(Cl)cn2c(N=O)c(CC(=O)O)nc12. The van der Waals surface area contributed by atoms with Crippen molar-refractivity contribution >= 4 is 29.0 Å². The van der Waals surface area contributed by atoms with Crippen LogP contribution in [0.3, 0.4) is 0 Å². The van der Waals surface area contributed by atoms with E-state index in [0.29, 0.717) is 10.7 Å². The first kappa shape index (κ1) is 11.5. The Morgan fingerprint density at radius 3 is 2.94 bits per heavy atom. The third-order valence-corrected chi connectivity index (χ3v) is 2.53. The number of aromatic nitrogens is 2. The summed E-state index contributed by atoms with van der Waals surface area (Å²) in [7, 11) is 0. The summed E-state index contributed by atoms with van der Waals surface area (Å²) >= 11 is 5.86. The largest absolute Gasteiger partial charge is 0.481 e. The number of hydrogen-bond donors (Lipinski definition) is 1. The molecular weight excluding hydrogens is 246 g/mol. The highest BCUT2D eigenvalue weighted by Crippen LogP contribution is 2.26. The van der Waals surface area contributed by atoms with Crippen LogP contribution in [-0.4, -0.2) is 20.5 Å². The number of carboxylic acids is 1. The summed E-state index contributed by atoms with van der Waals surface area (Å²) in [5.74, 6) is -1.09. The Balaban J connectivity index is 2.74. The van der Waals surface area contributed by atoms with Crippen LogP contribution in [0, 0.1) is 11.8 Å². The highest BCUT2D eigenvalue weighted by Gasteiger charge is 2.17. The fraction of sp³-hybridized carbons (Fsp3) is 0.200. The van der Waals surface area contributed by atoms with Gasteiger partial charge in [-0.2, -0.15) is 0 Å². The number of aliphatic carboxylic acids is 1. The predicted octanol–water partition coefficient (Wildman–Crippen LogP) is 2.32. The van der Waals surface area contributed by atoms with E-state index in [9.17, 15) is 9.70 Å². The van der Waals surface area contributed by atoms with Gasteiger partial charge < -0.3 is 5.11 Å². The normalized spacial score (nSPS) is 10.7. The van der Waals surface area contributed by atoms with Crippen molar-refractivity contribution < 1.29 is 9.90 Å². The lowest BCUT2D eigenvalue weighted by atomic mass is 10.3. The molecule has 0 saturated heterocycles. The molecule has 6 nitrogen and oxygen atoms in total. The lowest BCUT2D eigenvalue weighted by Gasteiger charge is -1.99. The molecule has 7 heteroatoms. The first-order valence-corrected chi connectivity index (χ1v) is 5.13. The molecule has 0 amide bonds. The summed E-state index contributed by atoms with van der Waals surface area (Å²) < 4.78 is 1.41. The first-order chi connectivity index (χ1) is 8.02. The van der Waals surface area contributed by atoms with Gasteiger partial charge in [-0.25, -0.2) is 4.98 Å². The van der Waals surface area contributed by atoms with Crippen LogP contribution in [0.25, 0.3) is 5.65 Å². The van der Waals surface area contributed by atoms with Gasteiger partial charge in [0.2, 0.25) is 5.82 Å². The Hall–Kier alpha value is -1.95. The topological polar surface area (TPSA) is 84.0 Å². The lowest BCUT2D eigenvalue weighted by Crippen LogP contribution is -2.00. The molecule has 88 valence electrons. The molecule has 0 spiro atoms. The molecule has 0 aliphatic heterocycles. The summed E-state index contributed by atoms with van der Waals surface area (Å²) in [4.78, 5) is 25.5. The van der Waals surface area contributed by atoms with Gasteiger partial charge in [-0.3, -0.25) is 9.20 Å². The van der Waals surface area contributed by atoms with E-state index in [-0.39, 0.29) is 17.9 Å². The Bertz CT molecular complexity index is 621. The maximum atomic E-state index is 10.8. The third-order valence-electron chi connectivity index (χ3n) is 2.32. The minimum atomic E-state index is -1.07. The van der Waals surface area contributed by atoms with Gasteiger partial charge in [-0.05, 0) is 23.7 Å². The van der Waals surface area contributed by atoms with E-state index in [1.165, 1.54) is 10.6 Å². The molecule has 17 heavy (non-hydrogen) atoms. The van der Waals surface area contributed by atoms with Crippen LogP contribution in [0.1, 0.15) is 11.3 Å². The van der Waals surface area contributed by atoms with Gasteiger partial charge in [-0.1, -0.05) is 11.6 Å². The van der Waals surface area contributed by atoms with Crippen LogP contribution in [0.5, 0.6) is 0 Å². The summed E-state index contributed by atoms with van der Waals surface area (Å²) in [6.07, 6.45) is 1.14. The molecule has 0 saturated carbocycles. The quantitative estimate of drug-likeness (QED) is 0.851. The van der Waals surface area contributed by atoms with Crippen LogP contribution < -0.4 is 0 Å². The lowest BCUT2D eigenvalue weighted by molar-refractivity contribution is -0.136. The minimum absolute atomic E-state index is 0.0204. The molecule has 0 unspecified atom stereocenters. The van der Waals surface area contributed by atoms with Crippen LogP contribution in [0.15, 0.2) is 17.4 Å². The van der Waals surface area contributed by atoms with Crippen molar-refractivity contribution in [1.29, 1.82) is 0 Å². The molecular formula is C10H8ClN3O3. The van der Waals surface area contributed by atoms with Gasteiger partial charge in [0, 0.05) is 6.20 Å². The van der Waals surface area contributed by atoms with Gasteiger partial charge in [0.15, 0.2) is 0 Å². The number of nitroso groups, excluding NO2 is 1. The number of halogens is 1. The zero-order chi connectivity index (χ0) is 12.6. The monoisotopic (exact) mass is 253 g/mol. The number of imidazole rings is 1. The van der Waals surface area contributed by atoms with Crippen LogP contribution in [0.2, 0.25) is 5.02 Å². The van der Waals surface area contributed by atoms with E-state index in [4.69, 9.17) is 16.7 Å². The minimum Gasteiger partial charge on any atom is -0.481 e. The van der Waals surface area contributed by atoms with E-state index in [2.05, 4.69) is 10.2 Å². The van der Waals surface area contributed by atoms with Crippen molar-refractivity contribution in [2.75, 3.05) is 0 Å². The molecule has 1 N–H and O–H groups in total. The number of carbonyl (C=O) groups is 1. The van der Waals surface area contributed by atoms with Crippen molar-refractivity contribution in [3.05, 3.63) is 33.5 Å². The van der Waals surface area contributed by atoms with Crippen LogP contribution in [-0.2, 0) is 11.2 Å². The average Bonchev–Trinajstić information content (AvgIpc) is 2.54. The molecule has 0 aliphatic rings. The number of nitrogens with zero attached hydrogens (tertiary/aromatic N) is 3. The van der Waals surface area contributed by atoms with Crippen molar-refractivity contribution in [2.45, 2.75) is 13.3 Å². The van der Waals surface area contributed by atoms with Crippen molar-refractivity contribution in [2.24, 2.45) is 5.18 Å². The molecule has 0 atom stereocenters. The van der Waals surface area contributed by atoms with E-state index in [0.717, 1.165) is 5.56 Å². The Morgan fingerprint density at radius 1 is 1.65 bits per heavy atom. The van der Waals surface area contributed by atoms with Crippen molar-refractivity contribution in [3.8, 4) is 0 Å². The number of hydrogen-bond acceptors (Lipinski definition) is 4. The molecule has 2 heterocycles. The molecule has 0 bridgehead atoms. The second-order valence-corrected chi connectivity index (χ2v) is 4.02. The Labute approximate surface area is 101 Å². The number of fused-ring (bicyclic) bond motifs is 1. The molecule has 0 radical (unpaired) electrons. The summed E-state index contributed by atoms with van der Waals surface area (Å²) in [5.41, 5.74) is 1.37. The van der Waals surface area contributed by atoms with E-state index in [1.807, 2.05) is 0 Å². The molecule has 2 aromatic heterocycles. The van der Waals surface area contributed by atoms with Gasteiger partial charge in [-0.15, -0.1) is 4.91 Å². The highest BCUT2D eigenvalue weighted by molar-refractivity contribution is 6.30. The van der Waals surface area contributed by atoms with Gasteiger partial charge in [0.25, 0.3) is 0 Å². The van der Waals surface area contributed by atoms with Gasteiger partial charge >= 0.3 is 5.97 Å². The molecule has 0 fully saturated rings. The first-order valence-electron chi connectivity index (χ1n) is 4.75. The number of rotatable bonds is 3. The standard InChI is InChI=1S/C10H8ClN3O3/c1-5-2-6(11)4-14-9(5)12-7(3-8(15)16)10(14)13-17/h2,4H,3H2,1H3,(H,15,16). The van der Waals surface area contributed by atoms with E-state index < -0.39 is 5.97 Å². The second-order valence-electron chi connectivity index (χ2n) is 3.58.